The zero-order valence-corrected chi connectivity index (χ0v) is 11.0. The predicted octanol–water partition coefficient (Wildman–Crippen LogP) is 4.24. The Kier molecular flexibility index (Phi) is 4.15. The molecule has 90 valence electrons. The molecular formula is C13H13ClFNS. The molecule has 0 amide bonds. The highest BCUT2D eigenvalue weighted by Gasteiger charge is 2.17. The van der Waals surface area contributed by atoms with Gasteiger partial charge in [0.05, 0.1) is 11.1 Å². The van der Waals surface area contributed by atoms with E-state index in [2.05, 4.69) is 5.32 Å². The lowest BCUT2D eigenvalue weighted by molar-refractivity contribution is 0.617. The third kappa shape index (κ3) is 2.86. The van der Waals surface area contributed by atoms with Crippen molar-refractivity contribution in [2.75, 3.05) is 6.54 Å². The zero-order valence-electron chi connectivity index (χ0n) is 9.41. The van der Waals surface area contributed by atoms with Crippen molar-refractivity contribution < 1.29 is 4.39 Å². The Hall–Kier alpha value is -0.900. The second-order valence-corrected chi connectivity index (χ2v) is 5.03. The Morgan fingerprint density at radius 2 is 2.00 bits per heavy atom. The molecule has 1 nitrogen and oxygen atoms in total. The zero-order chi connectivity index (χ0) is 12.3. The molecule has 0 aliphatic heterocycles. The highest BCUT2D eigenvalue weighted by atomic mass is 35.5. The summed E-state index contributed by atoms with van der Waals surface area (Å²) in [5.41, 5.74) is 1.03. The van der Waals surface area contributed by atoms with Crippen molar-refractivity contribution in [1.29, 1.82) is 0 Å². The van der Waals surface area contributed by atoms with Gasteiger partial charge in [0.2, 0.25) is 0 Å². The number of benzene rings is 1. The monoisotopic (exact) mass is 269 g/mol. The van der Waals surface area contributed by atoms with Crippen molar-refractivity contribution >= 4 is 22.9 Å². The molecule has 1 aromatic heterocycles. The van der Waals surface area contributed by atoms with Gasteiger partial charge in [-0.25, -0.2) is 4.39 Å². The second kappa shape index (κ2) is 5.63. The van der Waals surface area contributed by atoms with Crippen LogP contribution in [0.3, 0.4) is 0 Å². The average Bonchev–Trinajstić information content (AvgIpc) is 2.74. The second-order valence-electron chi connectivity index (χ2n) is 3.68. The maximum atomic E-state index is 12.9. The largest absolute Gasteiger partial charge is 0.306 e. The van der Waals surface area contributed by atoms with Crippen LogP contribution in [-0.4, -0.2) is 6.54 Å². The molecule has 0 fully saturated rings. The van der Waals surface area contributed by atoms with Crippen LogP contribution in [0.15, 0.2) is 35.7 Å². The van der Waals surface area contributed by atoms with E-state index in [0.717, 1.165) is 22.0 Å². The molecule has 0 saturated heterocycles. The predicted molar refractivity (Wildman–Crippen MR) is 71.2 cm³/mol. The lowest BCUT2D eigenvalue weighted by Gasteiger charge is -2.17. The summed E-state index contributed by atoms with van der Waals surface area (Å²) in [5.74, 6) is -0.221. The summed E-state index contributed by atoms with van der Waals surface area (Å²) < 4.78 is 12.9. The number of nitrogens with one attached hydrogen (secondary N) is 1. The molecule has 4 heteroatoms. The van der Waals surface area contributed by atoms with Gasteiger partial charge in [-0.05, 0) is 35.7 Å². The summed E-state index contributed by atoms with van der Waals surface area (Å²) in [4.78, 5) is 1.07. The van der Waals surface area contributed by atoms with Crippen molar-refractivity contribution in [2.24, 2.45) is 0 Å². The van der Waals surface area contributed by atoms with Crippen LogP contribution >= 0.6 is 22.9 Å². The van der Waals surface area contributed by atoms with Gasteiger partial charge in [0.1, 0.15) is 5.82 Å². The molecule has 1 unspecified atom stereocenters. The molecule has 0 aliphatic carbocycles. The first-order valence-corrected chi connectivity index (χ1v) is 6.70. The third-order valence-electron chi connectivity index (χ3n) is 2.52. The van der Waals surface area contributed by atoms with Crippen LogP contribution in [0.2, 0.25) is 5.02 Å². The fourth-order valence-corrected chi connectivity index (χ4v) is 3.00. The molecule has 1 heterocycles. The topological polar surface area (TPSA) is 12.0 Å². The van der Waals surface area contributed by atoms with Crippen molar-refractivity contribution in [3.05, 3.63) is 57.0 Å². The van der Waals surface area contributed by atoms with E-state index < -0.39 is 0 Å². The number of hydrogen-bond acceptors (Lipinski definition) is 2. The normalized spacial score (nSPS) is 12.6. The lowest BCUT2D eigenvalue weighted by atomic mass is 10.1. The molecule has 0 saturated carbocycles. The molecule has 2 rings (SSSR count). The highest BCUT2D eigenvalue weighted by Crippen LogP contribution is 2.32. The van der Waals surface area contributed by atoms with Crippen LogP contribution in [0.5, 0.6) is 0 Å². The number of halogens is 2. The van der Waals surface area contributed by atoms with Gasteiger partial charge in [0.25, 0.3) is 0 Å². The van der Waals surface area contributed by atoms with Crippen molar-refractivity contribution in [1.82, 2.24) is 5.32 Å². The maximum absolute atomic E-state index is 12.9. The van der Waals surface area contributed by atoms with E-state index in [1.165, 1.54) is 12.1 Å². The molecule has 17 heavy (non-hydrogen) atoms. The fourth-order valence-electron chi connectivity index (χ4n) is 1.73. The van der Waals surface area contributed by atoms with Crippen LogP contribution < -0.4 is 5.32 Å². The molecular weight excluding hydrogens is 257 g/mol. The molecule has 1 aromatic carbocycles. The van der Waals surface area contributed by atoms with Crippen LogP contribution in [0, 0.1) is 5.82 Å². The maximum Gasteiger partial charge on any atom is 0.123 e. The lowest BCUT2D eigenvalue weighted by Crippen LogP contribution is -2.21. The Morgan fingerprint density at radius 3 is 2.53 bits per heavy atom. The van der Waals surface area contributed by atoms with Crippen molar-refractivity contribution in [3.8, 4) is 0 Å². The Bertz CT molecular complexity index is 480. The van der Waals surface area contributed by atoms with Crippen LogP contribution in [0.1, 0.15) is 23.4 Å². The molecule has 1 atom stereocenters. The van der Waals surface area contributed by atoms with Crippen LogP contribution in [-0.2, 0) is 0 Å². The molecule has 0 aliphatic rings. The van der Waals surface area contributed by atoms with Gasteiger partial charge in [-0.2, -0.15) is 0 Å². The van der Waals surface area contributed by atoms with Gasteiger partial charge in [0, 0.05) is 4.88 Å². The van der Waals surface area contributed by atoms with Gasteiger partial charge in [-0.3, -0.25) is 0 Å². The summed E-state index contributed by atoms with van der Waals surface area (Å²) in [7, 11) is 0. The number of thiophene rings is 1. The van der Waals surface area contributed by atoms with E-state index in [0.29, 0.717) is 0 Å². The molecule has 0 spiro atoms. The summed E-state index contributed by atoms with van der Waals surface area (Å²) >= 11 is 7.76. The standard InChI is InChI=1S/C13H13ClFNS/c1-2-16-12(13-11(14)7-8-17-13)9-3-5-10(15)6-4-9/h3-8,12,16H,2H2,1H3. The van der Waals surface area contributed by atoms with E-state index in [1.54, 1.807) is 23.5 Å². The first-order valence-electron chi connectivity index (χ1n) is 5.44. The summed E-state index contributed by atoms with van der Waals surface area (Å²) in [5, 5.41) is 6.08. The van der Waals surface area contributed by atoms with Crippen molar-refractivity contribution in [3.63, 3.8) is 0 Å². The first kappa shape index (κ1) is 12.6. The summed E-state index contributed by atoms with van der Waals surface area (Å²) in [6.07, 6.45) is 0. The average molecular weight is 270 g/mol. The van der Waals surface area contributed by atoms with Crippen LogP contribution in [0.4, 0.5) is 4.39 Å². The van der Waals surface area contributed by atoms with Gasteiger partial charge < -0.3 is 5.32 Å². The van der Waals surface area contributed by atoms with Gasteiger partial charge in [-0.1, -0.05) is 30.7 Å². The number of rotatable bonds is 4. The van der Waals surface area contributed by atoms with E-state index >= 15 is 0 Å². The van der Waals surface area contributed by atoms with Gasteiger partial charge >= 0.3 is 0 Å². The van der Waals surface area contributed by atoms with E-state index in [9.17, 15) is 4.39 Å². The molecule has 0 bridgehead atoms. The Balaban J connectivity index is 2.35. The Morgan fingerprint density at radius 1 is 1.29 bits per heavy atom. The highest BCUT2D eigenvalue weighted by molar-refractivity contribution is 7.10. The third-order valence-corrected chi connectivity index (χ3v) is 3.94. The molecule has 0 radical (unpaired) electrons. The fraction of sp³-hybridized carbons (Fsp3) is 0.231. The SMILES string of the molecule is CCNC(c1ccc(F)cc1)c1sccc1Cl. The first-order chi connectivity index (χ1) is 8.22. The minimum Gasteiger partial charge on any atom is -0.306 e. The number of hydrogen-bond donors (Lipinski definition) is 1. The van der Waals surface area contributed by atoms with E-state index in [4.69, 9.17) is 11.6 Å². The Labute approximate surface area is 109 Å². The smallest absolute Gasteiger partial charge is 0.123 e. The summed E-state index contributed by atoms with van der Waals surface area (Å²) in [6, 6.07) is 8.45. The quantitative estimate of drug-likeness (QED) is 0.875. The molecule has 2 aromatic rings. The van der Waals surface area contributed by atoms with Crippen LogP contribution in [0.25, 0.3) is 0 Å². The molecule has 1 N–H and O–H groups in total. The van der Waals surface area contributed by atoms with Crippen molar-refractivity contribution in [2.45, 2.75) is 13.0 Å². The van der Waals surface area contributed by atoms with Gasteiger partial charge in [0.15, 0.2) is 0 Å². The minimum atomic E-state index is -0.221. The van der Waals surface area contributed by atoms with E-state index in [-0.39, 0.29) is 11.9 Å². The minimum absolute atomic E-state index is 0.0353. The van der Waals surface area contributed by atoms with Gasteiger partial charge in [-0.15, -0.1) is 11.3 Å². The summed E-state index contributed by atoms with van der Waals surface area (Å²) in [6.45, 7) is 2.87. The van der Waals surface area contributed by atoms with E-state index in [1.807, 2.05) is 18.4 Å².